The molecule has 1 aliphatic rings. The van der Waals surface area contributed by atoms with E-state index in [2.05, 4.69) is 29.1 Å². The minimum absolute atomic E-state index is 0.150. The van der Waals surface area contributed by atoms with E-state index in [0.717, 1.165) is 31.2 Å². The smallest absolute Gasteiger partial charge is 0.280 e. The van der Waals surface area contributed by atoms with E-state index in [4.69, 9.17) is 0 Å². The largest absolute Gasteiger partial charge is 0.351 e. The van der Waals surface area contributed by atoms with Crippen LogP contribution in [0.1, 0.15) is 73.1 Å². The summed E-state index contributed by atoms with van der Waals surface area (Å²) in [6.07, 6.45) is 8.64. The van der Waals surface area contributed by atoms with Crippen LogP contribution in [0.25, 0.3) is 0 Å². The Morgan fingerprint density at radius 1 is 1.06 bits per heavy atom. The third-order valence-corrected chi connectivity index (χ3v) is 6.74. The molecule has 6 nitrogen and oxygen atoms in total. The summed E-state index contributed by atoms with van der Waals surface area (Å²) < 4.78 is 0. The monoisotopic (exact) mass is 448 g/mol. The lowest BCUT2D eigenvalue weighted by Gasteiger charge is -2.31. The summed E-state index contributed by atoms with van der Waals surface area (Å²) in [6.45, 7) is 4.27. The van der Waals surface area contributed by atoms with Gasteiger partial charge in [-0.25, -0.2) is 4.98 Å². The van der Waals surface area contributed by atoms with Crippen molar-refractivity contribution in [1.29, 1.82) is 0 Å². The van der Waals surface area contributed by atoms with Gasteiger partial charge in [0.15, 0.2) is 0 Å². The van der Waals surface area contributed by atoms with E-state index in [1.165, 1.54) is 35.5 Å². The maximum atomic E-state index is 13.7. The van der Waals surface area contributed by atoms with Crippen molar-refractivity contribution in [1.82, 2.24) is 15.3 Å². The lowest BCUT2D eigenvalue weighted by atomic mass is 9.97. The predicted octanol–water partition coefficient (Wildman–Crippen LogP) is 5.11. The summed E-state index contributed by atoms with van der Waals surface area (Å²) in [5.74, 6) is -0.135. The molecule has 0 aliphatic heterocycles. The molecular weight excluding hydrogens is 420 g/mol. The van der Waals surface area contributed by atoms with E-state index in [1.807, 2.05) is 41.8 Å². The molecule has 1 aliphatic carbocycles. The lowest BCUT2D eigenvalue weighted by Crippen LogP contribution is -2.46. The molecule has 2 amide bonds. The molecule has 166 valence electrons. The summed E-state index contributed by atoms with van der Waals surface area (Å²) in [7, 11) is 0. The summed E-state index contributed by atoms with van der Waals surface area (Å²) >= 11 is 1.42. The second-order valence-corrected chi connectivity index (χ2v) is 9.36. The van der Waals surface area contributed by atoms with E-state index in [1.54, 1.807) is 4.90 Å². The zero-order valence-corrected chi connectivity index (χ0v) is 19.2. The molecule has 0 bridgehead atoms. The van der Waals surface area contributed by atoms with E-state index < -0.39 is 6.04 Å². The fraction of sp³-hybridized carbons (Fsp3) is 0.360. The molecule has 1 fully saturated rings. The molecule has 32 heavy (non-hydrogen) atoms. The fourth-order valence-corrected chi connectivity index (χ4v) is 4.87. The first-order valence-corrected chi connectivity index (χ1v) is 12.0. The van der Waals surface area contributed by atoms with Crippen LogP contribution in [0.2, 0.25) is 0 Å². The zero-order chi connectivity index (χ0) is 22.5. The molecule has 1 saturated carbocycles. The standard InChI is InChI=1S/C25H28N4O2S/c1-17(2)18-9-11-19(12-10-18)23(24(30)28-20-6-3-4-7-20)29(22-8-5-15-32-22)25(31)21-16-26-13-14-27-21/h5,8-17,20,23H,3-4,6-7H2,1-2H3,(H,28,30). The van der Waals surface area contributed by atoms with Crippen LogP contribution in [-0.2, 0) is 4.79 Å². The average Bonchev–Trinajstić information content (AvgIpc) is 3.52. The highest BCUT2D eigenvalue weighted by atomic mass is 32.1. The van der Waals surface area contributed by atoms with Crippen molar-refractivity contribution in [2.45, 2.75) is 57.5 Å². The van der Waals surface area contributed by atoms with Gasteiger partial charge in [-0.1, -0.05) is 51.0 Å². The molecule has 0 radical (unpaired) electrons. The zero-order valence-electron chi connectivity index (χ0n) is 18.4. The van der Waals surface area contributed by atoms with Gasteiger partial charge in [0.25, 0.3) is 5.91 Å². The number of benzene rings is 1. The first kappa shape index (κ1) is 22.1. The first-order chi connectivity index (χ1) is 15.5. The van der Waals surface area contributed by atoms with Gasteiger partial charge >= 0.3 is 0 Å². The van der Waals surface area contributed by atoms with Crippen LogP contribution in [-0.4, -0.2) is 27.8 Å². The van der Waals surface area contributed by atoms with Gasteiger partial charge < -0.3 is 5.32 Å². The molecule has 3 aromatic rings. The Morgan fingerprint density at radius 3 is 2.38 bits per heavy atom. The number of amides is 2. The van der Waals surface area contributed by atoms with Crippen LogP contribution in [0.5, 0.6) is 0 Å². The summed E-state index contributed by atoms with van der Waals surface area (Å²) in [5.41, 5.74) is 2.17. The van der Waals surface area contributed by atoms with Crippen molar-refractivity contribution >= 4 is 28.2 Å². The third-order valence-electron chi connectivity index (χ3n) is 5.87. The van der Waals surface area contributed by atoms with Gasteiger partial charge in [-0.3, -0.25) is 19.5 Å². The number of hydrogen-bond acceptors (Lipinski definition) is 5. The second-order valence-electron chi connectivity index (χ2n) is 8.43. The minimum atomic E-state index is -0.801. The van der Waals surface area contributed by atoms with E-state index in [-0.39, 0.29) is 23.6 Å². The van der Waals surface area contributed by atoms with Crippen molar-refractivity contribution < 1.29 is 9.59 Å². The Labute approximate surface area is 192 Å². The summed E-state index contributed by atoms with van der Waals surface area (Å²) in [5, 5.41) is 5.80. The maximum absolute atomic E-state index is 13.7. The Morgan fingerprint density at radius 2 is 1.78 bits per heavy atom. The van der Waals surface area contributed by atoms with Crippen molar-refractivity contribution in [2.24, 2.45) is 0 Å². The van der Waals surface area contributed by atoms with Gasteiger partial charge in [-0.05, 0) is 47.4 Å². The number of anilines is 1. The van der Waals surface area contributed by atoms with Crippen LogP contribution in [0.15, 0.2) is 60.4 Å². The van der Waals surface area contributed by atoms with Crippen LogP contribution in [0, 0.1) is 0 Å². The Bertz CT molecular complexity index is 1030. The van der Waals surface area contributed by atoms with Crippen molar-refractivity contribution in [3.8, 4) is 0 Å². The Kier molecular flexibility index (Phi) is 6.95. The number of thiophene rings is 1. The molecule has 1 N–H and O–H groups in total. The normalized spacial score (nSPS) is 15.0. The van der Waals surface area contributed by atoms with Crippen molar-refractivity contribution in [3.05, 3.63) is 77.2 Å². The summed E-state index contributed by atoms with van der Waals surface area (Å²) in [6, 6.07) is 11.1. The second kappa shape index (κ2) is 10.0. The van der Waals surface area contributed by atoms with E-state index in [9.17, 15) is 9.59 Å². The number of aromatic nitrogens is 2. The van der Waals surface area contributed by atoms with Gasteiger partial charge in [0.2, 0.25) is 5.91 Å². The Hall–Kier alpha value is -3.06. The number of carbonyl (C=O) groups is 2. The molecule has 1 aromatic carbocycles. The van der Waals surface area contributed by atoms with E-state index >= 15 is 0 Å². The predicted molar refractivity (Wildman–Crippen MR) is 127 cm³/mol. The van der Waals surface area contributed by atoms with Crippen LogP contribution < -0.4 is 10.2 Å². The number of nitrogens with zero attached hydrogens (tertiary/aromatic N) is 3. The topological polar surface area (TPSA) is 75.2 Å². The highest BCUT2D eigenvalue weighted by molar-refractivity contribution is 7.14. The quantitative estimate of drug-likeness (QED) is 0.545. The number of nitrogens with one attached hydrogen (secondary N) is 1. The first-order valence-electron chi connectivity index (χ1n) is 11.1. The Balaban J connectivity index is 1.77. The molecule has 4 rings (SSSR count). The van der Waals surface area contributed by atoms with E-state index in [0.29, 0.717) is 10.9 Å². The van der Waals surface area contributed by atoms with Crippen LogP contribution >= 0.6 is 11.3 Å². The molecule has 0 saturated heterocycles. The molecule has 2 aromatic heterocycles. The lowest BCUT2D eigenvalue weighted by molar-refractivity contribution is -0.123. The third kappa shape index (κ3) is 4.88. The van der Waals surface area contributed by atoms with Crippen molar-refractivity contribution in [2.75, 3.05) is 4.90 Å². The van der Waals surface area contributed by atoms with Crippen LogP contribution in [0.4, 0.5) is 5.00 Å². The molecule has 7 heteroatoms. The molecular formula is C25H28N4O2S. The fourth-order valence-electron chi connectivity index (χ4n) is 4.12. The maximum Gasteiger partial charge on any atom is 0.280 e. The van der Waals surface area contributed by atoms with Gasteiger partial charge in [0.1, 0.15) is 11.7 Å². The molecule has 1 atom stereocenters. The summed E-state index contributed by atoms with van der Waals surface area (Å²) in [4.78, 5) is 37.1. The number of rotatable bonds is 7. The minimum Gasteiger partial charge on any atom is -0.351 e. The molecule has 2 heterocycles. The molecule has 1 unspecified atom stereocenters. The highest BCUT2D eigenvalue weighted by Crippen LogP contribution is 2.34. The van der Waals surface area contributed by atoms with Gasteiger partial charge in [-0.2, -0.15) is 0 Å². The average molecular weight is 449 g/mol. The highest BCUT2D eigenvalue weighted by Gasteiger charge is 2.35. The number of hydrogen-bond donors (Lipinski definition) is 1. The van der Waals surface area contributed by atoms with Crippen LogP contribution in [0.3, 0.4) is 0 Å². The van der Waals surface area contributed by atoms with Crippen molar-refractivity contribution in [3.63, 3.8) is 0 Å². The SMILES string of the molecule is CC(C)c1ccc(C(C(=O)NC2CCCC2)N(C(=O)c2cnccn2)c2cccs2)cc1. The molecule has 0 spiro atoms. The van der Waals surface area contributed by atoms with Gasteiger partial charge in [0, 0.05) is 18.4 Å². The number of carbonyl (C=O) groups excluding carboxylic acids is 2. The van der Waals surface area contributed by atoms with Gasteiger partial charge in [-0.15, -0.1) is 11.3 Å². The van der Waals surface area contributed by atoms with Gasteiger partial charge in [0.05, 0.1) is 11.2 Å².